The van der Waals surface area contributed by atoms with E-state index in [0.29, 0.717) is 17.0 Å². The highest BCUT2D eigenvalue weighted by atomic mass is 32.2. The molecule has 1 spiro atoms. The smallest absolute Gasteiger partial charge is 0.338 e. The highest BCUT2D eigenvalue weighted by molar-refractivity contribution is 7.90. The molecule has 0 bridgehead atoms. The number of hydrogen-bond acceptors (Lipinski definition) is 6. The maximum atomic E-state index is 11.8. The molecule has 3 aliphatic heterocycles. The molecule has 33 heavy (non-hydrogen) atoms. The van der Waals surface area contributed by atoms with Gasteiger partial charge in [0, 0.05) is 42.4 Å². The minimum atomic E-state index is -1.03. The van der Waals surface area contributed by atoms with E-state index in [4.69, 9.17) is 4.74 Å². The van der Waals surface area contributed by atoms with Crippen molar-refractivity contribution >= 4 is 22.8 Å². The summed E-state index contributed by atoms with van der Waals surface area (Å²) in [5.41, 5.74) is 6.02. The summed E-state index contributed by atoms with van der Waals surface area (Å²) in [6, 6.07) is 8.01. The Hall–Kier alpha value is -2.09. The van der Waals surface area contributed by atoms with Crippen LogP contribution in [0.15, 0.2) is 35.5 Å². The number of piperidine rings is 2. The normalized spacial score (nSPS) is 21.2. The number of rotatable bonds is 5. The Kier molecular flexibility index (Phi) is 6.38. The summed E-state index contributed by atoms with van der Waals surface area (Å²) in [6.45, 7) is 8.12. The van der Waals surface area contributed by atoms with E-state index >= 15 is 0 Å². The molecule has 1 aromatic heterocycles. The third-order valence-electron chi connectivity index (χ3n) is 8.10. The number of fused-ring (bicyclic) bond motifs is 1. The average Bonchev–Trinajstić information content (AvgIpc) is 3.22. The van der Waals surface area contributed by atoms with Crippen LogP contribution in [-0.4, -0.2) is 59.4 Å². The standard InChI is InChI=1S/C26H33N3O3S/c1-19-20(3-5-22-23(19)18-32-25(22)30)7-12-28-13-8-26(9-14-28)10-15-29(16-11-26)21-4-6-24(27-17-21)33(2)31/h3-6,17H,7-16,18H2,1-2H3. The highest BCUT2D eigenvalue weighted by Crippen LogP contribution is 2.42. The number of carbonyl (C=O) groups is 1. The van der Waals surface area contributed by atoms with Crippen LogP contribution in [0, 0.1) is 12.3 Å². The lowest BCUT2D eigenvalue weighted by Crippen LogP contribution is -2.47. The number of cyclic esters (lactones) is 1. The van der Waals surface area contributed by atoms with E-state index in [1.165, 1.54) is 49.9 Å². The number of esters is 1. The van der Waals surface area contributed by atoms with Crippen molar-refractivity contribution in [2.75, 3.05) is 43.9 Å². The Morgan fingerprint density at radius 2 is 1.82 bits per heavy atom. The quantitative estimate of drug-likeness (QED) is 0.493. The summed E-state index contributed by atoms with van der Waals surface area (Å²) in [4.78, 5) is 21.2. The molecule has 1 atom stereocenters. The predicted molar refractivity (Wildman–Crippen MR) is 130 cm³/mol. The molecule has 6 nitrogen and oxygen atoms in total. The molecule has 2 fully saturated rings. The molecule has 2 aromatic rings. The van der Waals surface area contributed by atoms with Crippen molar-refractivity contribution in [1.29, 1.82) is 0 Å². The number of nitrogens with zero attached hydrogens (tertiary/aromatic N) is 3. The lowest BCUT2D eigenvalue weighted by Gasteiger charge is -2.47. The zero-order valence-electron chi connectivity index (χ0n) is 19.6. The van der Waals surface area contributed by atoms with Gasteiger partial charge in [-0.3, -0.25) is 0 Å². The van der Waals surface area contributed by atoms with Gasteiger partial charge < -0.3 is 19.1 Å². The summed E-state index contributed by atoms with van der Waals surface area (Å²) in [5.74, 6) is -0.183. The van der Waals surface area contributed by atoms with Crippen LogP contribution in [0.3, 0.4) is 0 Å². The maximum absolute atomic E-state index is 11.8. The second-order valence-electron chi connectivity index (χ2n) is 9.84. The molecule has 1 aromatic carbocycles. The highest BCUT2D eigenvalue weighted by Gasteiger charge is 2.37. The first-order chi connectivity index (χ1) is 15.9. The van der Waals surface area contributed by atoms with Crippen molar-refractivity contribution in [2.45, 2.75) is 50.7 Å². The van der Waals surface area contributed by atoms with Crippen molar-refractivity contribution in [2.24, 2.45) is 5.41 Å². The first-order valence-corrected chi connectivity index (χ1v) is 13.6. The van der Waals surface area contributed by atoms with E-state index in [1.807, 2.05) is 18.3 Å². The second-order valence-corrected chi connectivity index (χ2v) is 11.2. The van der Waals surface area contributed by atoms with E-state index < -0.39 is 11.2 Å². The molecule has 1 unspecified atom stereocenters. The van der Waals surface area contributed by atoms with Crippen molar-refractivity contribution in [3.05, 3.63) is 52.7 Å². The Morgan fingerprint density at radius 3 is 2.48 bits per heavy atom. The van der Waals surface area contributed by atoms with Crippen LogP contribution in [0.5, 0.6) is 0 Å². The minimum Gasteiger partial charge on any atom is -0.610 e. The minimum absolute atomic E-state index is 0.183. The van der Waals surface area contributed by atoms with Gasteiger partial charge in [-0.1, -0.05) is 6.07 Å². The van der Waals surface area contributed by atoms with Gasteiger partial charge in [-0.05, 0) is 80.8 Å². The first kappa shape index (κ1) is 22.7. The fourth-order valence-corrected chi connectivity index (χ4v) is 6.13. The number of carbonyl (C=O) groups excluding carboxylic acids is 1. The first-order valence-electron chi connectivity index (χ1n) is 12.0. The monoisotopic (exact) mass is 467 g/mol. The molecule has 4 heterocycles. The molecule has 3 aliphatic rings. The molecule has 5 rings (SSSR count). The van der Waals surface area contributed by atoms with Crippen LogP contribution in [0.4, 0.5) is 5.69 Å². The Labute approximate surface area is 199 Å². The summed E-state index contributed by atoms with van der Waals surface area (Å²) in [7, 11) is 0. The lowest BCUT2D eigenvalue weighted by atomic mass is 9.71. The zero-order chi connectivity index (χ0) is 23.0. The molecular formula is C26H33N3O3S. The van der Waals surface area contributed by atoms with Gasteiger partial charge in [0.25, 0.3) is 0 Å². The van der Waals surface area contributed by atoms with E-state index in [9.17, 15) is 9.35 Å². The summed E-state index contributed by atoms with van der Waals surface area (Å²) >= 11 is -1.03. The third kappa shape index (κ3) is 4.63. The van der Waals surface area contributed by atoms with Crippen LogP contribution in [0.2, 0.25) is 0 Å². The fourth-order valence-electron chi connectivity index (χ4n) is 5.67. The van der Waals surface area contributed by atoms with E-state index in [-0.39, 0.29) is 5.97 Å². The predicted octanol–water partition coefficient (Wildman–Crippen LogP) is 3.72. The van der Waals surface area contributed by atoms with Crippen LogP contribution in [-0.2, 0) is 28.9 Å². The molecule has 0 saturated carbocycles. The Balaban J connectivity index is 1.11. The number of ether oxygens (including phenoxy) is 1. The van der Waals surface area contributed by atoms with Gasteiger partial charge >= 0.3 is 5.97 Å². The molecule has 0 N–H and O–H groups in total. The summed E-state index contributed by atoms with van der Waals surface area (Å²) in [5, 5.41) is 0.650. The summed E-state index contributed by atoms with van der Waals surface area (Å²) in [6.07, 6.45) is 9.60. The molecule has 7 heteroatoms. The molecule has 0 radical (unpaired) electrons. The van der Waals surface area contributed by atoms with Crippen LogP contribution >= 0.6 is 0 Å². The Bertz CT molecular complexity index is 1010. The molecule has 0 amide bonds. The van der Waals surface area contributed by atoms with E-state index in [2.05, 4.69) is 33.8 Å². The van der Waals surface area contributed by atoms with E-state index in [0.717, 1.165) is 42.9 Å². The number of anilines is 1. The number of aromatic nitrogens is 1. The third-order valence-corrected chi connectivity index (χ3v) is 8.93. The number of benzene rings is 1. The maximum Gasteiger partial charge on any atom is 0.338 e. The molecule has 176 valence electrons. The van der Waals surface area contributed by atoms with Crippen molar-refractivity contribution < 1.29 is 14.1 Å². The Morgan fingerprint density at radius 1 is 1.09 bits per heavy atom. The van der Waals surface area contributed by atoms with Crippen molar-refractivity contribution in [3.8, 4) is 0 Å². The van der Waals surface area contributed by atoms with Gasteiger partial charge in [0.2, 0.25) is 5.03 Å². The summed E-state index contributed by atoms with van der Waals surface area (Å²) < 4.78 is 16.8. The van der Waals surface area contributed by atoms with Crippen LogP contribution < -0.4 is 4.90 Å². The SMILES string of the molecule is Cc1c(CCN2CCC3(CC2)CCN(c2ccc([S+](C)[O-])nc2)CC3)ccc2c1COC2=O. The molecule has 0 aliphatic carbocycles. The fraction of sp³-hybridized carbons (Fsp3) is 0.538. The van der Waals surface area contributed by atoms with Crippen molar-refractivity contribution in [1.82, 2.24) is 9.88 Å². The van der Waals surface area contributed by atoms with Gasteiger partial charge in [-0.25, -0.2) is 9.78 Å². The van der Waals surface area contributed by atoms with Gasteiger partial charge in [-0.2, -0.15) is 0 Å². The number of pyridine rings is 1. The van der Waals surface area contributed by atoms with Crippen LogP contribution in [0.1, 0.15) is 52.7 Å². The van der Waals surface area contributed by atoms with Gasteiger partial charge in [-0.15, -0.1) is 0 Å². The van der Waals surface area contributed by atoms with Gasteiger partial charge in [0.05, 0.1) is 17.4 Å². The van der Waals surface area contributed by atoms with E-state index in [1.54, 1.807) is 6.26 Å². The van der Waals surface area contributed by atoms with Gasteiger partial charge in [0.1, 0.15) is 12.9 Å². The zero-order valence-corrected chi connectivity index (χ0v) is 20.5. The molecular weight excluding hydrogens is 434 g/mol. The number of likely N-dealkylation sites (tertiary alicyclic amines) is 1. The van der Waals surface area contributed by atoms with Gasteiger partial charge in [0.15, 0.2) is 0 Å². The van der Waals surface area contributed by atoms with Crippen molar-refractivity contribution in [3.63, 3.8) is 0 Å². The second kappa shape index (κ2) is 9.28. The van der Waals surface area contributed by atoms with Crippen LogP contribution in [0.25, 0.3) is 0 Å². The lowest BCUT2D eigenvalue weighted by molar-refractivity contribution is 0.0535. The largest absolute Gasteiger partial charge is 0.610 e. The molecule has 2 saturated heterocycles. The average molecular weight is 468 g/mol. The number of hydrogen-bond donors (Lipinski definition) is 0. The topological polar surface area (TPSA) is 68.7 Å².